The fourth-order valence-electron chi connectivity index (χ4n) is 3.97. The number of carbonyl (C=O) groups is 1. The van der Waals surface area contributed by atoms with E-state index in [4.69, 9.17) is 0 Å². The van der Waals surface area contributed by atoms with Crippen LogP contribution < -0.4 is 10.3 Å². The van der Waals surface area contributed by atoms with Crippen molar-refractivity contribution in [2.75, 3.05) is 11.4 Å². The third-order valence-electron chi connectivity index (χ3n) is 5.53. The van der Waals surface area contributed by atoms with Gasteiger partial charge in [-0.2, -0.15) is 0 Å². The molecule has 1 saturated carbocycles. The van der Waals surface area contributed by atoms with Crippen LogP contribution >= 0.6 is 0 Å². The fourth-order valence-corrected chi connectivity index (χ4v) is 3.97. The van der Waals surface area contributed by atoms with Crippen molar-refractivity contribution in [1.29, 1.82) is 0 Å². The average molecular weight is 398 g/mol. The Morgan fingerprint density at radius 1 is 1.28 bits per heavy atom. The van der Waals surface area contributed by atoms with Gasteiger partial charge >= 0.3 is 5.97 Å². The summed E-state index contributed by atoms with van der Waals surface area (Å²) in [5.74, 6) is -3.15. The van der Waals surface area contributed by atoms with Crippen LogP contribution in [0.25, 0.3) is 10.9 Å². The van der Waals surface area contributed by atoms with Crippen molar-refractivity contribution in [3.63, 3.8) is 0 Å². The van der Waals surface area contributed by atoms with Crippen molar-refractivity contribution in [1.82, 2.24) is 14.5 Å². The predicted octanol–water partition coefficient (Wildman–Crippen LogP) is 2.67. The van der Waals surface area contributed by atoms with Gasteiger partial charge in [0.15, 0.2) is 5.82 Å². The molecule has 1 N–H and O–H groups in total. The number of carboxylic acids is 1. The first-order valence-corrected chi connectivity index (χ1v) is 9.28. The molecule has 1 aromatic carbocycles. The van der Waals surface area contributed by atoms with Crippen molar-refractivity contribution < 1.29 is 18.7 Å². The van der Waals surface area contributed by atoms with Crippen LogP contribution in [0.2, 0.25) is 0 Å². The highest BCUT2D eigenvalue weighted by Gasteiger charge is 2.31. The zero-order valence-electron chi connectivity index (χ0n) is 15.2. The van der Waals surface area contributed by atoms with Gasteiger partial charge in [-0.1, -0.05) is 0 Å². The summed E-state index contributed by atoms with van der Waals surface area (Å²) >= 11 is 0. The first kappa shape index (κ1) is 17.7. The molecule has 5 rings (SSSR count). The number of fused-ring (bicyclic) bond motifs is 2. The minimum atomic E-state index is -1.41. The van der Waals surface area contributed by atoms with Gasteiger partial charge in [0.2, 0.25) is 5.43 Å². The van der Waals surface area contributed by atoms with E-state index in [0.717, 1.165) is 30.2 Å². The maximum Gasteiger partial charge on any atom is 0.341 e. The Balaban J connectivity index is 1.72. The molecule has 2 aromatic heterocycles. The summed E-state index contributed by atoms with van der Waals surface area (Å²) in [5.41, 5.74) is 0.00123. The van der Waals surface area contributed by atoms with Gasteiger partial charge in [0.1, 0.15) is 23.4 Å². The molecule has 0 spiro atoms. The Bertz CT molecular complexity index is 1240. The molecule has 0 atom stereocenters. The number of benzene rings is 1. The number of aromatic carboxylic acids is 1. The summed E-state index contributed by atoms with van der Waals surface area (Å²) in [6.45, 7) is 0.612. The molecule has 2 aliphatic rings. The summed E-state index contributed by atoms with van der Waals surface area (Å²) in [6, 6.07) is 0.859. The van der Waals surface area contributed by atoms with Gasteiger partial charge in [-0.25, -0.2) is 23.5 Å². The van der Waals surface area contributed by atoms with E-state index in [1.54, 1.807) is 11.1 Å². The van der Waals surface area contributed by atoms with Gasteiger partial charge in [-0.05, 0) is 18.9 Å². The Hall–Kier alpha value is -3.36. The van der Waals surface area contributed by atoms with E-state index in [1.165, 1.54) is 17.1 Å². The number of aromatic nitrogens is 3. The van der Waals surface area contributed by atoms with Crippen LogP contribution in [0.5, 0.6) is 0 Å². The number of carboxylic acid groups (broad SMARTS) is 1. The molecular formula is C20H16F2N4O3. The predicted molar refractivity (Wildman–Crippen MR) is 100 cm³/mol. The van der Waals surface area contributed by atoms with Crippen LogP contribution in [-0.2, 0) is 13.0 Å². The first-order chi connectivity index (χ1) is 14.0. The van der Waals surface area contributed by atoms with Crippen molar-refractivity contribution >= 4 is 22.6 Å². The average Bonchev–Trinajstić information content (AvgIpc) is 3.53. The zero-order valence-corrected chi connectivity index (χ0v) is 15.2. The number of pyridine rings is 1. The lowest BCUT2D eigenvalue weighted by molar-refractivity contribution is 0.0695. The highest BCUT2D eigenvalue weighted by molar-refractivity contribution is 5.94. The lowest BCUT2D eigenvalue weighted by Gasteiger charge is -2.30. The van der Waals surface area contributed by atoms with Crippen LogP contribution in [0.1, 0.15) is 40.5 Å². The molecular weight excluding hydrogens is 382 g/mol. The minimum Gasteiger partial charge on any atom is -0.477 e. The normalized spacial score (nSPS) is 16.1. The van der Waals surface area contributed by atoms with Gasteiger partial charge in [-0.15, -0.1) is 0 Å². The van der Waals surface area contributed by atoms with Crippen molar-refractivity contribution in [3.05, 3.63) is 63.5 Å². The number of nitrogens with zero attached hydrogens (tertiary/aromatic N) is 4. The molecule has 3 aromatic rings. The lowest BCUT2D eigenvalue weighted by Crippen LogP contribution is -2.33. The number of hydrogen-bond acceptors (Lipinski definition) is 5. The van der Waals surface area contributed by atoms with Crippen LogP contribution in [-0.4, -0.2) is 32.2 Å². The third kappa shape index (κ3) is 2.76. The Labute approximate surface area is 163 Å². The second-order valence-corrected chi connectivity index (χ2v) is 7.40. The summed E-state index contributed by atoms with van der Waals surface area (Å²) < 4.78 is 32.1. The van der Waals surface area contributed by atoms with Gasteiger partial charge in [0.25, 0.3) is 0 Å². The molecule has 9 heteroatoms. The lowest BCUT2D eigenvalue weighted by atomic mass is 10.0. The number of hydrogen-bond donors (Lipinski definition) is 1. The maximum atomic E-state index is 15.6. The topological polar surface area (TPSA) is 88.3 Å². The molecule has 3 heterocycles. The van der Waals surface area contributed by atoms with E-state index in [2.05, 4.69) is 9.97 Å². The van der Waals surface area contributed by atoms with Gasteiger partial charge < -0.3 is 14.6 Å². The summed E-state index contributed by atoms with van der Waals surface area (Å²) in [7, 11) is 0. The molecule has 0 bridgehead atoms. The molecule has 0 unspecified atom stereocenters. The number of anilines is 1. The highest BCUT2D eigenvalue weighted by atomic mass is 19.1. The van der Waals surface area contributed by atoms with Crippen LogP contribution in [0.15, 0.2) is 29.6 Å². The van der Waals surface area contributed by atoms with Crippen LogP contribution in [0.3, 0.4) is 0 Å². The second-order valence-electron chi connectivity index (χ2n) is 7.40. The van der Waals surface area contributed by atoms with E-state index in [0.29, 0.717) is 13.0 Å². The van der Waals surface area contributed by atoms with E-state index in [-0.39, 0.29) is 29.2 Å². The van der Waals surface area contributed by atoms with E-state index >= 15 is 4.39 Å². The Morgan fingerprint density at radius 3 is 2.79 bits per heavy atom. The van der Waals surface area contributed by atoms with E-state index < -0.39 is 28.6 Å². The quantitative estimate of drug-likeness (QED) is 0.730. The van der Waals surface area contributed by atoms with Crippen LogP contribution in [0.4, 0.5) is 14.5 Å². The number of halogens is 2. The maximum absolute atomic E-state index is 15.6. The Morgan fingerprint density at radius 2 is 2.07 bits per heavy atom. The third-order valence-corrected chi connectivity index (χ3v) is 5.53. The SMILES string of the molecule is O=C(O)c1cn(C2CC2)c2c(F)c(N3CCc4ncncc4C3)c(F)cc2c1=O. The number of rotatable bonds is 3. The summed E-state index contributed by atoms with van der Waals surface area (Å²) in [4.78, 5) is 33.8. The minimum absolute atomic E-state index is 0.0472. The standard InChI is InChI=1S/C20H16F2N4O3/c21-14-5-12-17(26(11-1-2-11)8-13(19(12)27)20(28)29)16(22)18(14)25-4-3-15-10(7-25)6-23-9-24-15/h5-6,8-9,11H,1-4,7H2,(H,28,29). The molecule has 7 nitrogen and oxygen atoms in total. The van der Waals surface area contributed by atoms with E-state index in [1.807, 2.05) is 0 Å². The molecule has 0 amide bonds. The summed E-state index contributed by atoms with van der Waals surface area (Å²) in [6.07, 6.45) is 6.26. The van der Waals surface area contributed by atoms with Gasteiger partial charge in [-0.3, -0.25) is 4.79 Å². The highest BCUT2D eigenvalue weighted by Crippen LogP contribution is 2.40. The molecule has 148 valence electrons. The first-order valence-electron chi connectivity index (χ1n) is 9.28. The van der Waals surface area contributed by atoms with Gasteiger partial charge in [0, 0.05) is 43.5 Å². The Kier molecular flexibility index (Phi) is 3.87. The summed E-state index contributed by atoms with van der Waals surface area (Å²) in [5, 5.41) is 9.07. The monoisotopic (exact) mass is 398 g/mol. The molecule has 1 aliphatic carbocycles. The van der Waals surface area contributed by atoms with Gasteiger partial charge in [0.05, 0.1) is 16.6 Å². The molecule has 29 heavy (non-hydrogen) atoms. The zero-order chi connectivity index (χ0) is 20.3. The van der Waals surface area contributed by atoms with Crippen molar-refractivity contribution in [3.8, 4) is 0 Å². The smallest absolute Gasteiger partial charge is 0.341 e. The van der Waals surface area contributed by atoms with E-state index in [9.17, 15) is 19.1 Å². The molecule has 1 aliphatic heterocycles. The van der Waals surface area contributed by atoms with Crippen molar-refractivity contribution in [2.45, 2.75) is 31.8 Å². The molecule has 0 saturated heterocycles. The molecule has 1 fully saturated rings. The van der Waals surface area contributed by atoms with Crippen molar-refractivity contribution in [2.24, 2.45) is 0 Å². The molecule has 0 radical (unpaired) electrons. The largest absolute Gasteiger partial charge is 0.477 e. The fraction of sp³-hybridized carbons (Fsp3) is 0.300. The second kappa shape index (κ2) is 6.33. The van der Waals surface area contributed by atoms with Crippen LogP contribution in [0, 0.1) is 11.6 Å².